The van der Waals surface area contributed by atoms with Crippen molar-refractivity contribution in [3.63, 3.8) is 0 Å². The Hall–Kier alpha value is -2.67. The van der Waals surface area contributed by atoms with Gasteiger partial charge in [0.05, 0.1) is 38.5 Å². The van der Waals surface area contributed by atoms with E-state index in [0.717, 1.165) is 5.56 Å². The van der Waals surface area contributed by atoms with Crippen LogP contribution >= 0.6 is 34.5 Å². The molecule has 1 aromatic heterocycles. The van der Waals surface area contributed by atoms with Gasteiger partial charge < -0.3 is 4.74 Å². The Morgan fingerprint density at radius 1 is 1.21 bits per heavy atom. The van der Waals surface area contributed by atoms with Gasteiger partial charge in [0.15, 0.2) is 4.80 Å². The number of esters is 1. The topological polar surface area (TPSA) is 60.7 Å². The molecular formula is C26H24Cl2N2O3S. The van der Waals surface area contributed by atoms with E-state index < -0.39 is 12.0 Å². The molecule has 0 saturated carbocycles. The Bertz CT molecular complexity index is 1470. The first kappa shape index (κ1) is 24.5. The highest BCUT2D eigenvalue weighted by Gasteiger charge is 2.33. The van der Waals surface area contributed by atoms with E-state index in [4.69, 9.17) is 27.9 Å². The van der Waals surface area contributed by atoms with Crippen LogP contribution in [0.25, 0.3) is 6.08 Å². The number of thiazole rings is 1. The molecule has 3 aromatic rings. The SMILES string of the molecule is CCOC(=O)C1=C(C)N=c2sc(=Cc3cccc(Cl)c3Cl)c(=O)n2[C@@H]1c1ccc(C(C)C)cc1. The van der Waals surface area contributed by atoms with Gasteiger partial charge in [-0.05, 0) is 48.6 Å². The van der Waals surface area contributed by atoms with Crippen LogP contribution in [0.4, 0.5) is 0 Å². The number of hydrogen-bond acceptors (Lipinski definition) is 5. The minimum Gasteiger partial charge on any atom is -0.463 e. The molecule has 0 spiro atoms. The van der Waals surface area contributed by atoms with Crippen molar-refractivity contribution in [2.45, 2.75) is 39.7 Å². The highest BCUT2D eigenvalue weighted by atomic mass is 35.5. The van der Waals surface area contributed by atoms with Gasteiger partial charge in [0.1, 0.15) is 0 Å². The molecule has 1 aliphatic heterocycles. The van der Waals surface area contributed by atoms with Crippen LogP contribution in [0.15, 0.2) is 63.5 Å². The molecule has 1 aliphatic rings. The van der Waals surface area contributed by atoms with Crippen LogP contribution in [-0.4, -0.2) is 17.1 Å². The number of allylic oxidation sites excluding steroid dienone is 1. The van der Waals surface area contributed by atoms with Gasteiger partial charge in [-0.3, -0.25) is 9.36 Å². The standard InChI is InChI=1S/C26H24Cl2N2O3S/c1-5-33-25(32)21-15(4)29-26-30(23(21)17-11-9-16(10-12-17)14(2)3)24(31)20(34-26)13-18-7-6-8-19(27)22(18)28/h6-14,23H,5H2,1-4H3/t23-/m1/s1. The van der Waals surface area contributed by atoms with E-state index in [2.05, 4.69) is 18.8 Å². The molecule has 0 N–H and O–H groups in total. The molecule has 4 rings (SSSR count). The van der Waals surface area contributed by atoms with Gasteiger partial charge in [0, 0.05) is 0 Å². The fraction of sp³-hybridized carbons (Fsp3) is 0.269. The van der Waals surface area contributed by atoms with E-state index >= 15 is 0 Å². The van der Waals surface area contributed by atoms with Gasteiger partial charge in [-0.15, -0.1) is 0 Å². The smallest absolute Gasteiger partial charge is 0.338 e. The number of ether oxygens (including phenoxy) is 1. The number of carbonyl (C=O) groups excluding carboxylic acids is 1. The molecule has 0 bridgehead atoms. The van der Waals surface area contributed by atoms with Crippen molar-refractivity contribution in [3.05, 3.63) is 100 Å². The molecule has 176 valence electrons. The number of hydrogen-bond donors (Lipinski definition) is 0. The molecule has 5 nitrogen and oxygen atoms in total. The summed E-state index contributed by atoms with van der Waals surface area (Å²) in [6, 6.07) is 12.6. The zero-order valence-corrected chi connectivity index (χ0v) is 21.6. The van der Waals surface area contributed by atoms with E-state index in [9.17, 15) is 9.59 Å². The van der Waals surface area contributed by atoms with Gasteiger partial charge >= 0.3 is 5.97 Å². The minimum atomic E-state index is -0.645. The third-order valence-electron chi connectivity index (χ3n) is 5.70. The maximum Gasteiger partial charge on any atom is 0.338 e. The van der Waals surface area contributed by atoms with E-state index in [1.807, 2.05) is 24.3 Å². The molecule has 2 heterocycles. The molecule has 34 heavy (non-hydrogen) atoms. The van der Waals surface area contributed by atoms with E-state index in [1.54, 1.807) is 42.7 Å². The molecule has 0 fully saturated rings. The molecule has 0 saturated heterocycles. The Morgan fingerprint density at radius 2 is 1.91 bits per heavy atom. The normalized spacial score (nSPS) is 16.0. The van der Waals surface area contributed by atoms with Gasteiger partial charge in [-0.1, -0.05) is 84.8 Å². The number of rotatable bonds is 5. The summed E-state index contributed by atoms with van der Waals surface area (Å²) in [6.45, 7) is 7.99. The quantitative estimate of drug-likeness (QED) is 0.438. The van der Waals surface area contributed by atoms with Crippen molar-refractivity contribution in [1.29, 1.82) is 0 Å². The first-order chi connectivity index (χ1) is 16.2. The molecule has 1 atom stereocenters. The summed E-state index contributed by atoms with van der Waals surface area (Å²) in [5.41, 5.74) is 3.26. The number of benzene rings is 2. The average Bonchev–Trinajstić information content (AvgIpc) is 3.10. The van der Waals surface area contributed by atoms with Crippen LogP contribution in [0.3, 0.4) is 0 Å². The van der Waals surface area contributed by atoms with E-state index in [-0.39, 0.29) is 12.2 Å². The fourth-order valence-corrected chi connectivity index (χ4v) is 5.34. The zero-order chi connectivity index (χ0) is 24.6. The van der Waals surface area contributed by atoms with Crippen molar-refractivity contribution in [2.24, 2.45) is 4.99 Å². The molecule has 0 aliphatic carbocycles. The summed E-state index contributed by atoms with van der Waals surface area (Å²) < 4.78 is 7.36. The number of nitrogens with zero attached hydrogens (tertiary/aromatic N) is 2. The second-order valence-electron chi connectivity index (χ2n) is 8.27. The summed E-state index contributed by atoms with van der Waals surface area (Å²) >= 11 is 13.8. The largest absolute Gasteiger partial charge is 0.463 e. The first-order valence-electron chi connectivity index (χ1n) is 11.0. The molecular weight excluding hydrogens is 491 g/mol. The van der Waals surface area contributed by atoms with Gasteiger partial charge in [-0.2, -0.15) is 0 Å². The maximum absolute atomic E-state index is 13.6. The summed E-state index contributed by atoms with van der Waals surface area (Å²) in [4.78, 5) is 31.7. The Morgan fingerprint density at radius 3 is 2.56 bits per heavy atom. The third-order valence-corrected chi connectivity index (χ3v) is 7.52. The predicted octanol–water partition coefficient (Wildman–Crippen LogP) is 5.23. The summed E-state index contributed by atoms with van der Waals surface area (Å²) in [7, 11) is 0. The highest BCUT2D eigenvalue weighted by molar-refractivity contribution is 7.07. The molecule has 0 unspecified atom stereocenters. The van der Waals surface area contributed by atoms with Crippen molar-refractivity contribution in [1.82, 2.24) is 4.57 Å². The van der Waals surface area contributed by atoms with Crippen LogP contribution < -0.4 is 14.9 Å². The van der Waals surface area contributed by atoms with Gasteiger partial charge in [0.2, 0.25) is 0 Å². The molecule has 0 radical (unpaired) electrons. The monoisotopic (exact) mass is 514 g/mol. The lowest BCUT2D eigenvalue weighted by molar-refractivity contribution is -0.139. The van der Waals surface area contributed by atoms with Crippen LogP contribution in [0, 0.1) is 0 Å². The maximum atomic E-state index is 13.6. The Labute approximate surface area is 211 Å². The first-order valence-corrected chi connectivity index (χ1v) is 12.5. The van der Waals surface area contributed by atoms with Gasteiger partial charge in [-0.25, -0.2) is 9.79 Å². The lowest BCUT2D eigenvalue weighted by Gasteiger charge is -2.25. The van der Waals surface area contributed by atoms with Crippen molar-refractivity contribution in [2.75, 3.05) is 6.61 Å². The van der Waals surface area contributed by atoms with Crippen LogP contribution in [0.1, 0.15) is 56.3 Å². The molecule has 8 heteroatoms. The average molecular weight is 515 g/mol. The molecule has 2 aromatic carbocycles. The number of fused-ring (bicyclic) bond motifs is 1. The van der Waals surface area contributed by atoms with Crippen LogP contribution in [0.2, 0.25) is 10.0 Å². The lowest BCUT2D eigenvalue weighted by Crippen LogP contribution is -2.39. The Kier molecular flexibility index (Phi) is 7.12. The number of halogens is 2. The summed E-state index contributed by atoms with van der Waals surface area (Å²) in [6.07, 6.45) is 1.71. The highest BCUT2D eigenvalue weighted by Crippen LogP contribution is 2.32. The van der Waals surface area contributed by atoms with E-state index in [0.29, 0.717) is 42.1 Å². The van der Waals surface area contributed by atoms with Crippen molar-refractivity contribution < 1.29 is 9.53 Å². The van der Waals surface area contributed by atoms with Crippen molar-refractivity contribution in [3.8, 4) is 0 Å². The zero-order valence-electron chi connectivity index (χ0n) is 19.3. The molecule has 0 amide bonds. The number of aromatic nitrogens is 1. The fourth-order valence-electron chi connectivity index (χ4n) is 3.94. The lowest BCUT2D eigenvalue weighted by atomic mass is 9.93. The van der Waals surface area contributed by atoms with E-state index in [1.165, 1.54) is 16.9 Å². The van der Waals surface area contributed by atoms with Crippen LogP contribution in [0.5, 0.6) is 0 Å². The van der Waals surface area contributed by atoms with Gasteiger partial charge in [0.25, 0.3) is 5.56 Å². The van der Waals surface area contributed by atoms with Crippen molar-refractivity contribution >= 4 is 46.6 Å². The number of carbonyl (C=O) groups is 1. The summed E-state index contributed by atoms with van der Waals surface area (Å²) in [5.74, 6) is -0.117. The summed E-state index contributed by atoms with van der Waals surface area (Å²) in [5, 5.41) is 0.783. The minimum absolute atomic E-state index is 0.228. The van der Waals surface area contributed by atoms with Crippen LogP contribution in [-0.2, 0) is 9.53 Å². The second kappa shape index (κ2) is 9.90. The third kappa shape index (κ3) is 4.50. The Balaban J connectivity index is 1.95. The second-order valence-corrected chi connectivity index (χ2v) is 10.1. The predicted molar refractivity (Wildman–Crippen MR) is 137 cm³/mol.